The molecule has 108 valence electrons. The number of nitrogens with one attached hydrogen (secondary N) is 1. The van der Waals surface area contributed by atoms with Crippen molar-refractivity contribution in [1.29, 1.82) is 0 Å². The second-order valence-corrected chi connectivity index (χ2v) is 5.33. The molecule has 2 aromatic heterocycles. The van der Waals surface area contributed by atoms with Crippen LogP contribution in [0.15, 0.2) is 42.7 Å². The summed E-state index contributed by atoms with van der Waals surface area (Å²) >= 11 is 0. The molecule has 0 saturated heterocycles. The van der Waals surface area contributed by atoms with Gasteiger partial charge in [-0.3, -0.25) is 9.67 Å². The highest BCUT2D eigenvalue weighted by molar-refractivity contribution is 5.81. The molecule has 4 heteroatoms. The fourth-order valence-corrected chi connectivity index (χ4v) is 2.64. The van der Waals surface area contributed by atoms with Crippen molar-refractivity contribution in [3.8, 4) is 0 Å². The third-order valence-corrected chi connectivity index (χ3v) is 3.72. The first-order valence-corrected chi connectivity index (χ1v) is 7.26. The summed E-state index contributed by atoms with van der Waals surface area (Å²) in [6.07, 6.45) is 4.91. The van der Waals surface area contributed by atoms with Crippen LogP contribution in [-0.2, 0) is 20.0 Å². The number of rotatable bonds is 5. The van der Waals surface area contributed by atoms with Crippen molar-refractivity contribution in [2.75, 3.05) is 6.54 Å². The molecular formula is C17H20N4. The van der Waals surface area contributed by atoms with Crippen LogP contribution in [-0.4, -0.2) is 21.3 Å². The Morgan fingerprint density at radius 3 is 2.81 bits per heavy atom. The SMILES string of the molecule is Cc1nn(C)cc1CNCCc1cccc2cccnc12. The van der Waals surface area contributed by atoms with Gasteiger partial charge in [0.05, 0.1) is 11.2 Å². The summed E-state index contributed by atoms with van der Waals surface area (Å²) in [7, 11) is 1.96. The van der Waals surface area contributed by atoms with Crippen LogP contribution in [0.1, 0.15) is 16.8 Å². The lowest BCUT2D eigenvalue weighted by molar-refractivity contribution is 0.685. The van der Waals surface area contributed by atoms with Crippen LogP contribution in [0.2, 0.25) is 0 Å². The van der Waals surface area contributed by atoms with Gasteiger partial charge in [0.25, 0.3) is 0 Å². The molecule has 0 fully saturated rings. The van der Waals surface area contributed by atoms with Gasteiger partial charge < -0.3 is 5.32 Å². The molecule has 0 bridgehead atoms. The van der Waals surface area contributed by atoms with Crippen molar-refractivity contribution in [2.45, 2.75) is 19.9 Å². The van der Waals surface area contributed by atoms with Crippen LogP contribution < -0.4 is 5.32 Å². The number of fused-ring (bicyclic) bond motifs is 1. The molecule has 2 heterocycles. The molecule has 0 aliphatic carbocycles. The standard InChI is InChI=1S/C17H20N4/c1-13-16(12-21(2)20-13)11-18-10-8-15-6-3-5-14-7-4-9-19-17(14)15/h3-7,9,12,18H,8,10-11H2,1-2H3. The minimum Gasteiger partial charge on any atom is -0.312 e. The maximum Gasteiger partial charge on any atom is 0.0734 e. The first-order chi connectivity index (χ1) is 10.2. The molecule has 0 unspecified atom stereocenters. The molecule has 1 aromatic carbocycles. The molecule has 0 atom stereocenters. The van der Waals surface area contributed by atoms with Crippen LogP contribution in [0.5, 0.6) is 0 Å². The van der Waals surface area contributed by atoms with Gasteiger partial charge in [-0.05, 0) is 31.5 Å². The molecule has 0 saturated carbocycles. The smallest absolute Gasteiger partial charge is 0.0734 e. The molecule has 21 heavy (non-hydrogen) atoms. The topological polar surface area (TPSA) is 42.7 Å². The van der Waals surface area contributed by atoms with Gasteiger partial charge in [-0.25, -0.2) is 0 Å². The van der Waals surface area contributed by atoms with E-state index in [1.54, 1.807) is 0 Å². The normalized spacial score (nSPS) is 11.1. The highest BCUT2D eigenvalue weighted by Crippen LogP contribution is 2.16. The van der Waals surface area contributed by atoms with Gasteiger partial charge >= 0.3 is 0 Å². The predicted molar refractivity (Wildman–Crippen MR) is 85.1 cm³/mol. The summed E-state index contributed by atoms with van der Waals surface area (Å²) in [6, 6.07) is 10.5. The number of aryl methyl sites for hydroxylation is 2. The Morgan fingerprint density at radius 2 is 2.00 bits per heavy atom. The van der Waals surface area contributed by atoms with E-state index in [0.717, 1.165) is 30.7 Å². The van der Waals surface area contributed by atoms with E-state index in [-0.39, 0.29) is 0 Å². The zero-order chi connectivity index (χ0) is 14.7. The van der Waals surface area contributed by atoms with Crippen LogP contribution in [0.25, 0.3) is 10.9 Å². The minimum absolute atomic E-state index is 0.859. The average molecular weight is 280 g/mol. The second-order valence-electron chi connectivity index (χ2n) is 5.33. The van der Waals surface area contributed by atoms with Crippen molar-refractivity contribution in [3.63, 3.8) is 0 Å². The summed E-state index contributed by atoms with van der Waals surface area (Å²) < 4.78 is 1.86. The van der Waals surface area contributed by atoms with Gasteiger partial charge in [-0.15, -0.1) is 0 Å². The van der Waals surface area contributed by atoms with E-state index in [9.17, 15) is 0 Å². The number of nitrogens with zero attached hydrogens (tertiary/aromatic N) is 3. The summed E-state index contributed by atoms with van der Waals surface area (Å²) in [5.74, 6) is 0. The summed E-state index contributed by atoms with van der Waals surface area (Å²) in [4.78, 5) is 4.49. The van der Waals surface area contributed by atoms with E-state index in [2.05, 4.69) is 45.9 Å². The lowest BCUT2D eigenvalue weighted by atomic mass is 10.1. The Hall–Kier alpha value is -2.20. The lowest BCUT2D eigenvalue weighted by Crippen LogP contribution is -2.17. The fraction of sp³-hybridized carbons (Fsp3) is 0.294. The Morgan fingerprint density at radius 1 is 1.14 bits per heavy atom. The number of benzene rings is 1. The van der Waals surface area contributed by atoms with Gasteiger partial charge in [0.2, 0.25) is 0 Å². The highest BCUT2D eigenvalue weighted by atomic mass is 15.2. The fourth-order valence-electron chi connectivity index (χ4n) is 2.64. The van der Waals surface area contributed by atoms with Crippen molar-refractivity contribution in [1.82, 2.24) is 20.1 Å². The second kappa shape index (κ2) is 6.06. The van der Waals surface area contributed by atoms with E-state index in [1.807, 2.05) is 30.9 Å². The number of hydrogen-bond acceptors (Lipinski definition) is 3. The highest BCUT2D eigenvalue weighted by Gasteiger charge is 2.04. The Kier molecular flexibility index (Phi) is 3.97. The Bertz CT molecular complexity index is 740. The van der Waals surface area contributed by atoms with Gasteiger partial charge in [0.15, 0.2) is 0 Å². The van der Waals surface area contributed by atoms with Crippen molar-refractivity contribution < 1.29 is 0 Å². The summed E-state index contributed by atoms with van der Waals surface area (Å²) in [6.45, 7) is 3.84. The largest absolute Gasteiger partial charge is 0.312 e. The van der Waals surface area contributed by atoms with Crippen molar-refractivity contribution in [2.24, 2.45) is 7.05 Å². The molecule has 0 aliphatic rings. The van der Waals surface area contributed by atoms with Crippen molar-refractivity contribution in [3.05, 3.63) is 59.5 Å². The number of hydrogen-bond donors (Lipinski definition) is 1. The third-order valence-electron chi connectivity index (χ3n) is 3.72. The number of aromatic nitrogens is 3. The predicted octanol–water partition coefficient (Wildman–Crippen LogP) is 2.61. The van der Waals surface area contributed by atoms with Crippen LogP contribution in [0.4, 0.5) is 0 Å². The first kappa shape index (κ1) is 13.8. The third kappa shape index (κ3) is 3.11. The molecule has 3 aromatic rings. The van der Waals surface area contributed by atoms with E-state index in [1.165, 1.54) is 16.5 Å². The van der Waals surface area contributed by atoms with Gasteiger partial charge in [-0.1, -0.05) is 24.3 Å². The van der Waals surface area contributed by atoms with E-state index in [0.29, 0.717) is 0 Å². The zero-order valence-corrected chi connectivity index (χ0v) is 12.5. The molecule has 0 radical (unpaired) electrons. The molecule has 3 rings (SSSR count). The zero-order valence-electron chi connectivity index (χ0n) is 12.5. The molecule has 0 amide bonds. The van der Waals surface area contributed by atoms with Crippen LogP contribution in [0.3, 0.4) is 0 Å². The molecular weight excluding hydrogens is 260 g/mol. The van der Waals surface area contributed by atoms with E-state index < -0.39 is 0 Å². The monoisotopic (exact) mass is 280 g/mol. The Balaban J connectivity index is 1.61. The lowest BCUT2D eigenvalue weighted by Gasteiger charge is -2.07. The van der Waals surface area contributed by atoms with Gasteiger partial charge in [0, 0.05) is 36.9 Å². The van der Waals surface area contributed by atoms with E-state index in [4.69, 9.17) is 0 Å². The summed E-state index contributed by atoms with van der Waals surface area (Å²) in [5.41, 5.74) is 4.76. The van der Waals surface area contributed by atoms with E-state index >= 15 is 0 Å². The van der Waals surface area contributed by atoms with Crippen molar-refractivity contribution >= 4 is 10.9 Å². The Labute approximate surface area is 124 Å². The summed E-state index contributed by atoms with van der Waals surface area (Å²) in [5, 5.41) is 9.05. The molecule has 4 nitrogen and oxygen atoms in total. The first-order valence-electron chi connectivity index (χ1n) is 7.26. The maximum absolute atomic E-state index is 4.49. The number of pyridine rings is 1. The molecule has 1 N–H and O–H groups in total. The maximum atomic E-state index is 4.49. The average Bonchev–Trinajstić information content (AvgIpc) is 2.82. The van der Waals surface area contributed by atoms with Gasteiger partial charge in [-0.2, -0.15) is 5.10 Å². The molecule has 0 spiro atoms. The van der Waals surface area contributed by atoms with Crippen LogP contribution >= 0.6 is 0 Å². The number of para-hydroxylation sites is 1. The minimum atomic E-state index is 0.859. The quantitative estimate of drug-likeness (QED) is 0.731. The molecule has 0 aliphatic heterocycles. The van der Waals surface area contributed by atoms with Crippen LogP contribution in [0, 0.1) is 6.92 Å². The van der Waals surface area contributed by atoms with Gasteiger partial charge in [0.1, 0.15) is 0 Å².